The Labute approximate surface area is 146 Å². The van der Waals surface area contributed by atoms with E-state index in [0.29, 0.717) is 13.0 Å². The molecular weight excluding hydrogens is 319 g/mol. The fourth-order valence-electron chi connectivity index (χ4n) is 2.71. The van der Waals surface area contributed by atoms with E-state index < -0.39 is 0 Å². The van der Waals surface area contributed by atoms with Gasteiger partial charge in [0.05, 0.1) is 0 Å². The monoisotopic (exact) mass is 338 g/mol. The summed E-state index contributed by atoms with van der Waals surface area (Å²) in [4.78, 5) is 25.4. The molecule has 1 heterocycles. The third-order valence-corrected chi connectivity index (χ3v) is 4.09. The van der Waals surface area contributed by atoms with Gasteiger partial charge in [0.1, 0.15) is 5.82 Å². The summed E-state index contributed by atoms with van der Waals surface area (Å²) in [5.41, 5.74) is 2.61. The second kappa shape index (κ2) is 7.75. The SMILES string of the molecule is O=C(/C=C/c1ccc(F)cc1)NCc1ccc(N2CCCC2=O)cc1. The van der Waals surface area contributed by atoms with E-state index in [0.717, 1.165) is 29.8 Å². The van der Waals surface area contributed by atoms with Gasteiger partial charge in [-0.2, -0.15) is 0 Å². The molecule has 4 nitrogen and oxygen atoms in total. The zero-order chi connectivity index (χ0) is 17.6. The van der Waals surface area contributed by atoms with Gasteiger partial charge in [0.15, 0.2) is 0 Å². The van der Waals surface area contributed by atoms with E-state index in [9.17, 15) is 14.0 Å². The number of halogens is 1. The van der Waals surface area contributed by atoms with Crippen LogP contribution in [0.2, 0.25) is 0 Å². The first-order valence-corrected chi connectivity index (χ1v) is 8.22. The molecule has 1 saturated heterocycles. The van der Waals surface area contributed by atoms with E-state index in [1.54, 1.807) is 23.1 Å². The molecule has 2 aromatic carbocycles. The number of hydrogen-bond donors (Lipinski definition) is 1. The van der Waals surface area contributed by atoms with E-state index in [-0.39, 0.29) is 17.6 Å². The molecule has 1 aliphatic heterocycles. The summed E-state index contributed by atoms with van der Waals surface area (Å²) in [6.45, 7) is 1.17. The number of anilines is 1. The van der Waals surface area contributed by atoms with Crippen molar-refractivity contribution in [2.75, 3.05) is 11.4 Å². The topological polar surface area (TPSA) is 49.4 Å². The van der Waals surface area contributed by atoms with Gasteiger partial charge in [0.25, 0.3) is 0 Å². The largest absolute Gasteiger partial charge is 0.348 e. The fraction of sp³-hybridized carbons (Fsp3) is 0.200. The molecule has 0 spiro atoms. The Balaban J connectivity index is 1.51. The van der Waals surface area contributed by atoms with Crippen molar-refractivity contribution in [2.45, 2.75) is 19.4 Å². The zero-order valence-corrected chi connectivity index (χ0v) is 13.7. The maximum Gasteiger partial charge on any atom is 0.244 e. The Morgan fingerprint density at radius 1 is 1.12 bits per heavy atom. The summed E-state index contributed by atoms with van der Waals surface area (Å²) in [5, 5.41) is 2.80. The molecular formula is C20H19FN2O2. The van der Waals surface area contributed by atoms with Crippen LogP contribution in [0.15, 0.2) is 54.6 Å². The van der Waals surface area contributed by atoms with Gasteiger partial charge in [-0.3, -0.25) is 9.59 Å². The summed E-state index contributed by atoms with van der Waals surface area (Å²) in [6, 6.07) is 13.5. The first-order valence-electron chi connectivity index (χ1n) is 8.22. The Bertz CT molecular complexity index is 782. The number of amides is 2. The van der Waals surface area contributed by atoms with Gasteiger partial charge in [-0.1, -0.05) is 24.3 Å². The van der Waals surface area contributed by atoms with Crippen LogP contribution >= 0.6 is 0 Å². The molecule has 1 N–H and O–H groups in total. The maximum absolute atomic E-state index is 12.8. The van der Waals surface area contributed by atoms with E-state index in [1.807, 2.05) is 24.3 Å². The molecule has 2 aromatic rings. The van der Waals surface area contributed by atoms with Crippen LogP contribution in [0.5, 0.6) is 0 Å². The zero-order valence-electron chi connectivity index (χ0n) is 13.7. The maximum atomic E-state index is 12.8. The molecule has 0 unspecified atom stereocenters. The average molecular weight is 338 g/mol. The summed E-state index contributed by atoms with van der Waals surface area (Å²) in [7, 11) is 0. The van der Waals surface area contributed by atoms with Crippen LogP contribution in [0.25, 0.3) is 6.08 Å². The molecule has 0 atom stereocenters. The Kier molecular flexibility index (Phi) is 5.23. The summed E-state index contributed by atoms with van der Waals surface area (Å²) in [6.07, 6.45) is 4.57. The predicted octanol–water partition coefficient (Wildman–Crippen LogP) is 3.28. The van der Waals surface area contributed by atoms with Gasteiger partial charge in [0, 0.05) is 31.3 Å². The Morgan fingerprint density at radius 2 is 1.84 bits per heavy atom. The number of benzene rings is 2. The molecule has 5 heteroatoms. The lowest BCUT2D eigenvalue weighted by atomic mass is 10.2. The van der Waals surface area contributed by atoms with E-state index in [2.05, 4.69) is 5.32 Å². The van der Waals surface area contributed by atoms with Crippen LogP contribution in [-0.4, -0.2) is 18.4 Å². The number of nitrogens with zero attached hydrogens (tertiary/aromatic N) is 1. The molecule has 25 heavy (non-hydrogen) atoms. The van der Waals surface area contributed by atoms with Gasteiger partial charge in [-0.15, -0.1) is 0 Å². The molecule has 0 aliphatic carbocycles. The highest BCUT2D eigenvalue weighted by Crippen LogP contribution is 2.21. The molecule has 0 aromatic heterocycles. The van der Waals surface area contributed by atoms with Crippen molar-refractivity contribution in [3.05, 3.63) is 71.6 Å². The van der Waals surface area contributed by atoms with Gasteiger partial charge in [-0.05, 0) is 47.9 Å². The number of carbonyl (C=O) groups excluding carboxylic acids is 2. The molecule has 3 rings (SSSR count). The normalized spacial score (nSPS) is 14.3. The standard InChI is InChI=1S/C20H19FN2O2/c21-17-8-3-15(4-9-17)7-12-19(24)22-14-16-5-10-18(11-6-16)23-13-1-2-20(23)25/h3-12H,1-2,13-14H2,(H,22,24)/b12-7+. The average Bonchev–Trinajstić information content (AvgIpc) is 3.06. The number of hydrogen-bond acceptors (Lipinski definition) is 2. The number of nitrogens with one attached hydrogen (secondary N) is 1. The third-order valence-electron chi connectivity index (χ3n) is 4.09. The van der Waals surface area contributed by atoms with E-state index in [1.165, 1.54) is 18.2 Å². The Hall–Kier alpha value is -2.95. The lowest BCUT2D eigenvalue weighted by Gasteiger charge is -2.15. The smallest absolute Gasteiger partial charge is 0.244 e. The van der Waals surface area contributed by atoms with E-state index >= 15 is 0 Å². The molecule has 1 fully saturated rings. The molecule has 0 radical (unpaired) electrons. The molecule has 0 saturated carbocycles. The molecule has 128 valence electrons. The summed E-state index contributed by atoms with van der Waals surface area (Å²) >= 11 is 0. The van der Waals surface area contributed by atoms with Gasteiger partial charge >= 0.3 is 0 Å². The highest BCUT2D eigenvalue weighted by molar-refractivity contribution is 5.95. The minimum absolute atomic E-state index is 0.159. The number of carbonyl (C=O) groups is 2. The lowest BCUT2D eigenvalue weighted by molar-refractivity contribution is -0.117. The van der Waals surface area contributed by atoms with Crippen molar-refractivity contribution in [3.8, 4) is 0 Å². The van der Waals surface area contributed by atoms with Crippen LogP contribution in [0, 0.1) is 5.82 Å². The van der Waals surface area contributed by atoms with Crippen molar-refractivity contribution in [2.24, 2.45) is 0 Å². The first kappa shape index (κ1) is 16.9. The van der Waals surface area contributed by atoms with Crippen LogP contribution in [0.4, 0.5) is 10.1 Å². The third kappa shape index (κ3) is 4.53. The number of rotatable bonds is 5. The van der Waals surface area contributed by atoms with Gasteiger partial charge < -0.3 is 10.2 Å². The Morgan fingerprint density at radius 3 is 2.48 bits per heavy atom. The first-order chi connectivity index (χ1) is 12.1. The predicted molar refractivity (Wildman–Crippen MR) is 95.3 cm³/mol. The highest BCUT2D eigenvalue weighted by atomic mass is 19.1. The second-order valence-corrected chi connectivity index (χ2v) is 5.92. The van der Waals surface area contributed by atoms with Crippen LogP contribution in [-0.2, 0) is 16.1 Å². The minimum Gasteiger partial charge on any atom is -0.348 e. The van der Waals surface area contributed by atoms with Crippen molar-refractivity contribution in [1.82, 2.24) is 5.32 Å². The lowest BCUT2D eigenvalue weighted by Crippen LogP contribution is -2.23. The summed E-state index contributed by atoms with van der Waals surface area (Å²) < 4.78 is 12.8. The summed E-state index contributed by atoms with van der Waals surface area (Å²) in [5.74, 6) is -0.365. The molecule has 1 aliphatic rings. The van der Waals surface area contributed by atoms with Crippen LogP contribution in [0.3, 0.4) is 0 Å². The van der Waals surface area contributed by atoms with Gasteiger partial charge in [-0.25, -0.2) is 4.39 Å². The quantitative estimate of drug-likeness (QED) is 0.851. The second-order valence-electron chi connectivity index (χ2n) is 5.92. The van der Waals surface area contributed by atoms with Crippen molar-refractivity contribution in [1.29, 1.82) is 0 Å². The van der Waals surface area contributed by atoms with Crippen molar-refractivity contribution < 1.29 is 14.0 Å². The van der Waals surface area contributed by atoms with Crippen molar-refractivity contribution >= 4 is 23.6 Å². The molecule has 2 amide bonds. The highest BCUT2D eigenvalue weighted by Gasteiger charge is 2.21. The fourth-order valence-corrected chi connectivity index (χ4v) is 2.71. The minimum atomic E-state index is -0.305. The van der Waals surface area contributed by atoms with Gasteiger partial charge in [0.2, 0.25) is 11.8 Å². The van der Waals surface area contributed by atoms with E-state index in [4.69, 9.17) is 0 Å². The molecule has 0 bridgehead atoms. The van der Waals surface area contributed by atoms with Crippen LogP contribution < -0.4 is 10.2 Å². The van der Waals surface area contributed by atoms with Crippen LogP contribution in [0.1, 0.15) is 24.0 Å². The van der Waals surface area contributed by atoms with Crippen molar-refractivity contribution in [3.63, 3.8) is 0 Å².